The van der Waals surface area contributed by atoms with Crippen LogP contribution in [0.3, 0.4) is 0 Å². The van der Waals surface area contributed by atoms with Crippen LogP contribution in [0, 0.1) is 11.7 Å². The van der Waals surface area contributed by atoms with Crippen molar-refractivity contribution in [3.05, 3.63) is 65.5 Å². The molecule has 0 unspecified atom stereocenters. The number of nitrogens with zero attached hydrogens (tertiary/aromatic N) is 1. The van der Waals surface area contributed by atoms with Gasteiger partial charge in [0.05, 0.1) is 25.2 Å². The Morgan fingerprint density at radius 1 is 1.14 bits per heavy atom. The van der Waals surface area contributed by atoms with E-state index in [-0.39, 0.29) is 23.7 Å². The van der Waals surface area contributed by atoms with Gasteiger partial charge < -0.3 is 14.8 Å². The number of hydrogen-bond donors (Lipinski definition) is 1. The first-order chi connectivity index (χ1) is 13.7. The summed E-state index contributed by atoms with van der Waals surface area (Å²) in [4.78, 5) is 15.1. The Bertz CT molecular complexity index is 806. The van der Waals surface area contributed by atoms with Crippen LogP contribution in [0.25, 0.3) is 0 Å². The van der Waals surface area contributed by atoms with Gasteiger partial charge in [0, 0.05) is 19.6 Å². The Hall–Kier alpha value is -2.44. The molecule has 2 aliphatic rings. The van der Waals surface area contributed by atoms with E-state index in [0.29, 0.717) is 32.8 Å². The summed E-state index contributed by atoms with van der Waals surface area (Å²) < 4.78 is 24.6. The Morgan fingerprint density at radius 2 is 1.89 bits per heavy atom. The molecule has 5 nitrogen and oxygen atoms in total. The fraction of sp³-hybridized carbons (Fsp3) is 0.409. The van der Waals surface area contributed by atoms with Crippen LogP contribution in [0.15, 0.2) is 48.5 Å². The molecule has 2 heterocycles. The van der Waals surface area contributed by atoms with Gasteiger partial charge in [-0.3, -0.25) is 9.69 Å². The minimum Gasteiger partial charge on any atom is -0.492 e. The number of benzene rings is 2. The van der Waals surface area contributed by atoms with Crippen molar-refractivity contribution >= 4 is 5.91 Å². The molecular formula is C22H25FN2O3. The van der Waals surface area contributed by atoms with Crippen LogP contribution in [-0.4, -0.2) is 50.3 Å². The molecule has 2 aliphatic heterocycles. The van der Waals surface area contributed by atoms with Gasteiger partial charge in [0.2, 0.25) is 5.91 Å². The topological polar surface area (TPSA) is 50.8 Å². The number of carbonyl (C=O) groups is 1. The zero-order valence-electron chi connectivity index (χ0n) is 15.8. The zero-order valence-corrected chi connectivity index (χ0v) is 15.8. The number of amides is 1. The summed E-state index contributed by atoms with van der Waals surface area (Å²) in [5.41, 5.74) is 2.06. The van der Waals surface area contributed by atoms with E-state index in [2.05, 4.69) is 10.2 Å². The molecule has 2 aromatic rings. The molecule has 28 heavy (non-hydrogen) atoms. The number of rotatable bonds is 5. The van der Waals surface area contributed by atoms with E-state index in [9.17, 15) is 9.18 Å². The van der Waals surface area contributed by atoms with Crippen molar-refractivity contribution in [3.8, 4) is 5.75 Å². The van der Waals surface area contributed by atoms with Crippen LogP contribution in [-0.2, 0) is 16.0 Å². The number of nitrogens with one attached hydrogen (secondary N) is 1. The predicted octanol–water partition coefficient (Wildman–Crippen LogP) is 2.57. The average molecular weight is 384 g/mol. The lowest BCUT2D eigenvalue weighted by Crippen LogP contribution is -2.45. The van der Waals surface area contributed by atoms with Gasteiger partial charge in [-0.2, -0.15) is 0 Å². The van der Waals surface area contributed by atoms with Gasteiger partial charge in [0.1, 0.15) is 18.2 Å². The molecule has 0 spiro atoms. The van der Waals surface area contributed by atoms with Crippen LogP contribution in [0.2, 0.25) is 0 Å². The van der Waals surface area contributed by atoms with Crippen molar-refractivity contribution in [2.75, 3.05) is 39.5 Å². The number of carbonyl (C=O) groups excluding carboxylic acids is 1. The highest BCUT2D eigenvalue weighted by Gasteiger charge is 2.28. The first-order valence-corrected chi connectivity index (χ1v) is 9.76. The quantitative estimate of drug-likeness (QED) is 0.861. The molecule has 0 aliphatic carbocycles. The molecule has 0 saturated carbocycles. The fourth-order valence-corrected chi connectivity index (χ4v) is 3.87. The molecule has 1 fully saturated rings. The third-order valence-electron chi connectivity index (χ3n) is 5.46. The zero-order chi connectivity index (χ0) is 19.3. The van der Waals surface area contributed by atoms with Gasteiger partial charge >= 0.3 is 0 Å². The first-order valence-electron chi connectivity index (χ1n) is 9.76. The SMILES string of the molecule is O=C(NC[C@@H](c1ccc(F)cc1)N1CCOCC1)[C@H]1COc2ccccc2C1. The van der Waals surface area contributed by atoms with E-state index in [0.717, 1.165) is 30.0 Å². The second-order valence-corrected chi connectivity index (χ2v) is 7.28. The van der Waals surface area contributed by atoms with Crippen molar-refractivity contribution in [2.24, 2.45) is 5.92 Å². The van der Waals surface area contributed by atoms with Gasteiger partial charge in [-0.15, -0.1) is 0 Å². The molecular weight excluding hydrogens is 359 g/mol. The van der Waals surface area contributed by atoms with Gasteiger partial charge in [-0.1, -0.05) is 30.3 Å². The lowest BCUT2D eigenvalue weighted by Gasteiger charge is -2.35. The van der Waals surface area contributed by atoms with Crippen molar-refractivity contribution < 1.29 is 18.7 Å². The lowest BCUT2D eigenvalue weighted by atomic mass is 9.95. The molecule has 1 N–H and O–H groups in total. The van der Waals surface area contributed by atoms with Crippen LogP contribution in [0.4, 0.5) is 4.39 Å². The normalized spacial score (nSPS) is 20.7. The molecule has 148 valence electrons. The summed E-state index contributed by atoms with van der Waals surface area (Å²) in [6.45, 7) is 3.78. The highest BCUT2D eigenvalue weighted by atomic mass is 19.1. The summed E-state index contributed by atoms with van der Waals surface area (Å²) in [5, 5.41) is 3.10. The molecule has 0 aromatic heterocycles. The monoisotopic (exact) mass is 384 g/mol. The number of morpholine rings is 1. The van der Waals surface area contributed by atoms with E-state index >= 15 is 0 Å². The number of fused-ring (bicyclic) bond motifs is 1. The second-order valence-electron chi connectivity index (χ2n) is 7.28. The summed E-state index contributed by atoms with van der Waals surface area (Å²) in [6.07, 6.45) is 0.681. The molecule has 0 radical (unpaired) electrons. The third kappa shape index (κ3) is 4.34. The van der Waals surface area contributed by atoms with Gasteiger partial charge in [0.15, 0.2) is 0 Å². The van der Waals surface area contributed by atoms with Crippen LogP contribution in [0.5, 0.6) is 5.75 Å². The maximum Gasteiger partial charge on any atom is 0.226 e. The smallest absolute Gasteiger partial charge is 0.226 e. The Kier molecular flexibility index (Phi) is 5.88. The number of ether oxygens (including phenoxy) is 2. The second kappa shape index (κ2) is 8.71. The van der Waals surface area contributed by atoms with Crippen LogP contribution in [0.1, 0.15) is 17.2 Å². The molecule has 0 bridgehead atoms. The molecule has 2 atom stereocenters. The lowest BCUT2D eigenvalue weighted by molar-refractivity contribution is -0.126. The van der Waals surface area contributed by atoms with Crippen molar-refractivity contribution in [1.29, 1.82) is 0 Å². The minimum atomic E-state index is -0.258. The standard InChI is InChI=1S/C22H25FN2O3/c23-19-7-5-16(6-8-19)20(25-9-11-27-12-10-25)14-24-22(26)18-13-17-3-1-2-4-21(17)28-15-18/h1-8,18,20H,9-15H2,(H,24,26)/t18-,20+/m1/s1. The summed E-state index contributed by atoms with van der Waals surface area (Å²) in [7, 11) is 0. The van der Waals surface area contributed by atoms with E-state index < -0.39 is 0 Å². The maximum atomic E-state index is 13.4. The Balaban J connectivity index is 1.42. The Morgan fingerprint density at radius 3 is 2.68 bits per heavy atom. The molecule has 2 aromatic carbocycles. The summed E-state index contributed by atoms with van der Waals surface area (Å²) in [6, 6.07) is 14.4. The predicted molar refractivity (Wildman–Crippen MR) is 104 cm³/mol. The van der Waals surface area contributed by atoms with Gasteiger partial charge in [-0.05, 0) is 35.7 Å². The highest BCUT2D eigenvalue weighted by molar-refractivity contribution is 5.79. The van der Waals surface area contributed by atoms with Crippen molar-refractivity contribution in [2.45, 2.75) is 12.5 Å². The molecule has 1 saturated heterocycles. The number of halogens is 1. The highest BCUT2D eigenvalue weighted by Crippen LogP contribution is 2.27. The largest absolute Gasteiger partial charge is 0.492 e. The van der Waals surface area contributed by atoms with Gasteiger partial charge in [-0.25, -0.2) is 4.39 Å². The number of para-hydroxylation sites is 1. The number of hydrogen-bond acceptors (Lipinski definition) is 4. The molecule has 1 amide bonds. The summed E-state index contributed by atoms with van der Waals surface area (Å²) >= 11 is 0. The maximum absolute atomic E-state index is 13.4. The van der Waals surface area contributed by atoms with Crippen LogP contribution >= 0.6 is 0 Å². The van der Waals surface area contributed by atoms with E-state index in [4.69, 9.17) is 9.47 Å². The molecule has 4 rings (SSSR count). The van der Waals surface area contributed by atoms with Gasteiger partial charge in [0.25, 0.3) is 0 Å². The fourth-order valence-electron chi connectivity index (χ4n) is 3.87. The van der Waals surface area contributed by atoms with Crippen LogP contribution < -0.4 is 10.1 Å². The minimum absolute atomic E-state index is 0.00475. The summed E-state index contributed by atoms with van der Waals surface area (Å²) in [5.74, 6) is 0.402. The van der Waals surface area contributed by atoms with Crippen molar-refractivity contribution in [3.63, 3.8) is 0 Å². The Labute approximate surface area is 164 Å². The van der Waals surface area contributed by atoms with E-state index in [1.807, 2.05) is 24.3 Å². The van der Waals surface area contributed by atoms with E-state index in [1.165, 1.54) is 12.1 Å². The average Bonchev–Trinajstić information content (AvgIpc) is 2.75. The first kappa shape index (κ1) is 18.9. The van der Waals surface area contributed by atoms with E-state index in [1.54, 1.807) is 12.1 Å². The third-order valence-corrected chi connectivity index (χ3v) is 5.46. The molecule has 6 heteroatoms. The van der Waals surface area contributed by atoms with Crippen molar-refractivity contribution in [1.82, 2.24) is 10.2 Å².